The smallest absolute Gasteiger partial charge is 0.179 e. The van der Waals surface area contributed by atoms with Gasteiger partial charge in [0.1, 0.15) is 6.26 Å². The second-order valence-electron chi connectivity index (χ2n) is 3.79. The molecule has 2 aromatic rings. The van der Waals surface area contributed by atoms with Gasteiger partial charge < -0.3 is 9.73 Å². The van der Waals surface area contributed by atoms with Gasteiger partial charge in [0.25, 0.3) is 0 Å². The maximum atomic E-state index is 13.6. The Balaban J connectivity index is 2.56. The van der Waals surface area contributed by atoms with Crippen molar-refractivity contribution in [2.75, 3.05) is 7.05 Å². The Morgan fingerprint density at radius 3 is 2.71 bits per heavy atom. The Morgan fingerprint density at radius 1 is 1.35 bits per heavy atom. The average Bonchev–Trinajstić information content (AvgIpc) is 2.70. The summed E-state index contributed by atoms with van der Waals surface area (Å²) in [7, 11) is 1.62. The number of halogens is 2. The van der Waals surface area contributed by atoms with Gasteiger partial charge in [0.05, 0.1) is 11.4 Å². The van der Waals surface area contributed by atoms with Gasteiger partial charge >= 0.3 is 0 Å². The number of benzene rings is 1. The molecule has 0 radical (unpaired) electrons. The van der Waals surface area contributed by atoms with E-state index in [2.05, 4.69) is 5.32 Å². The van der Waals surface area contributed by atoms with Crippen LogP contribution in [0, 0.1) is 11.6 Å². The van der Waals surface area contributed by atoms with E-state index in [0.717, 1.165) is 12.3 Å². The highest BCUT2D eigenvalue weighted by atomic mass is 19.1. The highest BCUT2D eigenvalue weighted by molar-refractivity contribution is 6.02. The lowest BCUT2D eigenvalue weighted by Crippen LogP contribution is -2.30. The fourth-order valence-corrected chi connectivity index (χ4v) is 1.59. The monoisotopic (exact) mass is 239 g/mol. The SMILES string of the molecule is CN[C@@H](C)C(=O)c1cc(F)c2occ(F)c2c1. The van der Waals surface area contributed by atoms with Gasteiger partial charge in [0.15, 0.2) is 23.0 Å². The number of hydrogen-bond donors (Lipinski definition) is 1. The molecule has 1 atom stereocenters. The standard InChI is InChI=1S/C12H11F2NO2/c1-6(15-2)11(16)7-3-8-10(14)5-17-12(8)9(13)4-7/h3-6,15H,1-2H3/t6-/m0/s1. The van der Waals surface area contributed by atoms with Crippen LogP contribution in [-0.4, -0.2) is 18.9 Å². The summed E-state index contributed by atoms with van der Waals surface area (Å²) in [6.07, 6.45) is 0.823. The van der Waals surface area contributed by atoms with Crippen LogP contribution in [0.15, 0.2) is 22.8 Å². The third-order valence-electron chi connectivity index (χ3n) is 2.69. The Labute approximate surface area is 96.4 Å². The van der Waals surface area contributed by atoms with Crippen molar-refractivity contribution in [1.29, 1.82) is 0 Å². The van der Waals surface area contributed by atoms with Crippen molar-refractivity contribution in [3.8, 4) is 0 Å². The van der Waals surface area contributed by atoms with E-state index in [1.165, 1.54) is 6.07 Å². The first kappa shape index (κ1) is 11.7. The molecule has 0 unspecified atom stereocenters. The molecule has 1 N–H and O–H groups in total. The summed E-state index contributed by atoms with van der Waals surface area (Å²) >= 11 is 0. The third kappa shape index (κ3) is 1.93. The first-order chi connectivity index (χ1) is 8.04. The molecular formula is C12H11F2NO2. The molecule has 1 aromatic carbocycles. The van der Waals surface area contributed by atoms with E-state index in [-0.39, 0.29) is 22.3 Å². The van der Waals surface area contributed by atoms with Gasteiger partial charge in [0, 0.05) is 5.56 Å². The lowest BCUT2D eigenvalue weighted by Gasteiger charge is -2.08. The summed E-state index contributed by atoms with van der Waals surface area (Å²) in [4.78, 5) is 11.8. The number of hydrogen-bond acceptors (Lipinski definition) is 3. The molecule has 17 heavy (non-hydrogen) atoms. The summed E-state index contributed by atoms with van der Waals surface area (Å²) in [6.45, 7) is 1.65. The van der Waals surface area contributed by atoms with Crippen LogP contribution >= 0.6 is 0 Å². The first-order valence-corrected chi connectivity index (χ1v) is 5.12. The van der Waals surface area contributed by atoms with Crippen LogP contribution in [0.3, 0.4) is 0 Å². The summed E-state index contributed by atoms with van der Waals surface area (Å²) in [5, 5.41) is 2.73. The Morgan fingerprint density at radius 2 is 2.06 bits per heavy atom. The second kappa shape index (κ2) is 4.25. The van der Waals surface area contributed by atoms with Crippen molar-refractivity contribution in [2.45, 2.75) is 13.0 Å². The quantitative estimate of drug-likeness (QED) is 0.837. The van der Waals surface area contributed by atoms with Crippen molar-refractivity contribution in [3.05, 3.63) is 35.6 Å². The predicted molar refractivity (Wildman–Crippen MR) is 59.0 cm³/mol. The van der Waals surface area contributed by atoms with E-state index in [9.17, 15) is 13.6 Å². The molecule has 1 heterocycles. The summed E-state index contributed by atoms with van der Waals surface area (Å²) in [5.74, 6) is -1.71. The van der Waals surface area contributed by atoms with Crippen LogP contribution in [0.4, 0.5) is 8.78 Å². The molecule has 0 saturated carbocycles. The third-order valence-corrected chi connectivity index (χ3v) is 2.69. The highest BCUT2D eigenvalue weighted by Crippen LogP contribution is 2.24. The molecule has 0 amide bonds. The van der Waals surface area contributed by atoms with Gasteiger partial charge in [-0.15, -0.1) is 0 Å². The Kier molecular flexibility index (Phi) is 2.93. The molecule has 0 saturated heterocycles. The molecule has 3 nitrogen and oxygen atoms in total. The normalized spacial score (nSPS) is 12.9. The molecule has 5 heteroatoms. The van der Waals surface area contributed by atoms with Crippen LogP contribution in [0.2, 0.25) is 0 Å². The maximum absolute atomic E-state index is 13.6. The van der Waals surface area contributed by atoms with Crippen LogP contribution in [-0.2, 0) is 0 Å². The highest BCUT2D eigenvalue weighted by Gasteiger charge is 2.18. The number of fused-ring (bicyclic) bond motifs is 1. The van der Waals surface area contributed by atoms with Gasteiger partial charge in [-0.3, -0.25) is 4.79 Å². The molecule has 0 bridgehead atoms. The lowest BCUT2D eigenvalue weighted by molar-refractivity contribution is 0.0955. The van der Waals surface area contributed by atoms with E-state index in [4.69, 9.17) is 4.42 Å². The Hall–Kier alpha value is -1.75. The molecule has 0 spiro atoms. The number of furan rings is 1. The summed E-state index contributed by atoms with van der Waals surface area (Å²) in [5.41, 5.74) is -0.0479. The number of nitrogens with one attached hydrogen (secondary N) is 1. The van der Waals surface area contributed by atoms with Gasteiger partial charge in [-0.2, -0.15) is 0 Å². The fourth-order valence-electron chi connectivity index (χ4n) is 1.59. The summed E-state index contributed by atoms with van der Waals surface area (Å²) in [6, 6.07) is 1.90. The molecule has 0 aliphatic heterocycles. The summed E-state index contributed by atoms with van der Waals surface area (Å²) < 4.78 is 31.5. The Bertz CT molecular complexity index is 577. The second-order valence-corrected chi connectivity index (χ2v) is 3.79. The molecule has 0 aliphatic rings. The van der Waals surface area contributed by atoms with Crippen LogP contribution in [0.5, 0.6) is 0 Å². The van der Waals surface area contributed by atoms with E-state index in [0.29, 0.717) is 0 Å². The van der Waals surface area contributed by atoms with Gasteiger partial charge in [-0.25, -0.2) is 8.78 Å². The van der Waals surface area contributed by atoms with Gasteiger partial charge in [-0.1, -0.05) is 0 Å². The van der Waals surface area contributed by atoms with Gasteiger partial charge in [-0.05, 0) is 26.1 Å². The number of Topliss-reactive ketones (excluding diaryl/α,β-unsaturated/α-hetero) is 1. The minimum absolute atomic E-state index is 0.0170. The van der Waals surface area contributed by atoms with Crippen molar-refractivity contribution < 1.29 is 18.0 Å². The van der Waals surface area contributed by atoms with Crippen LogP contribution < -0.4 is 5.32 Å². The maximum Gasteiger partial charge on any atom is 0.179 e. The molecule has 1 aromatic heterocycles. The lowest BCUT2D eigenvalue weighted by atomic mass is 10.0. The van der Waals surface area contributed by atoms with Crippen LogP contribution in [0.1, 0.15) is 17.3 Å². The number of ketones is 1. The number of carbonyl (C=O) groups is 1. The largest absolute Gasteiger partial charge is 0.458 e. The zero-order valence-electron chi connectivity index (χ0n) is 9.38. The molecular weight excluding hydrogens is 228 g/mol. The van der Waals surface area contributed by atoms with Crippen LogP contribution in [0.25, 0.3) is 11.0 Å². The van der Waals surface area contributed by atoms with E-state index in [1.54, 1.807) is 14.0 Å². The first-order valence-electron chi connectivity index (χ1n) is 5.12. The fraction of sp³-hybridized carbons (Fsp3) is 0.250. The van der Waals surface area contributed by atoms with E-state index in [1.807, 2.05) is 0 Å². The molecule has 0 aliphatic carbocycles. The van der Waals surface area contributed by atoms with Crippen molar-refractivity contribution in [3.63, 3.8) is 0 Å². The zero-order valence-corrected chi connectivity index (χ0v) is 9.38. The van der Waals surface area contributed by atoms with Gasteiger partial charge in [0.2, 0.25) is 0 Å². The average molecular weight is 239 g/mol. The number of likely N-dealkylation sites (N-methyl/N-ethyl adjacent to an activating group) is 1. The molecule has 90 valence electrons. The van der Waals surface area contributed by atoms with Crippen molar-refractivity contribution >= 4 is 16.8 Å². The van der Waals surface area contributed by atoms with Crippen molar-refractivity contribution in [1.82, 2.24) is 5.32 Å². The molecule has 2 rings (SSSR count). The zero-order chi connectivity index (χ0) is 12.6. The topological polar surface area (TPSA) is 42.2 Å². The minimum Gasteiger partial charge on any atom is -0.458 e. The van der Waals surface area contributed by atoms with E-state index >= 15 is 0 Å². The molecule has 0 fully saturated rings. The minimum atomic E-state index is -0.738. The van der Waals surface area contributed by atoms with E-state index < -0.39 is 17.7 Å². The number of rotatable bonds is 3. The predicted octanol–water partition coefficient (Wildman–Crippen LogP) is 2.50. The number of carbonyl (C=O) groups excluding carboxylic acids is 1. The van der Waals surface area contributed by atoms with Crippen molar-refractivity contribution in [2.24, 2.45) is 0 Å².